The van der Waals surface area contributed by atoms with E-state index in [0.29, 0.717) is 10.7 Å². The van der Waals surface area contributed by atoms with E-state index in [1.165, 1.54) is 4.90 Å². The number of sulfonamides is 1. The van der Waals surface area contributed by atoms with Gasteiger partial charge in [0.1, 0.15) is 12.6 Å². The lowest BCUT2D eigenvalue weighted by Crippen LogP contribution is -2.54. The zero-order valence-corrected chi connectivity index (χ0v) is 24.4. The summed E-state index contributed by atoms with van der Waals surface area (Å²) in [5, 5.41) is 3.57. The zero-order valence-electron chi connectivity index (χ0n) is 22.8. The molecule has 0 heterocycles. The highest BCUT2D eigenvalue weighted by molar-refractivity contribution is 7.92. The van der Waals surface area contributed by atoms with E-state index >= 15 is 0 Å². The molecule has 39 heavy (non-hydrogen) atoms. The monoisotopic (exact) mass is 569 g/mol. The van der Waals surface area contributed by atoms with E-state index in [4.69, 9.17) is 11.6 Å². The number of benzene rings is 3. The van der Waals surface area contributed by atoms with Crippen LogP contribution in [0, 0.1) is 6.92 Å². The standard InChI is InChI=1S/C30H36ClN3O4S/c1-5-23(3)32-30(36)28(19-24-12-7-6-8-13-24)33(20-25-15-17-26(31)18-16-25)29(35)21-34(39(4,37)38)27-14-10-9-11-22(27)2/h6-18,23,28H,5,19-21H2,1-4H3,(H,32,36)/t23-,28+/m0/s1. The summed E-state index contributed by atoms with van der Waals surface area (Å²) in [6.07, 6.45) is 2.07. The van der Waals surface area contributed by atoms with Crippen LogP contribution in [0.3, 0.4) is 0 Å². The van der Waals surface area contributed by atoms with Crippen molar-refractivity contribution in [2.45, 2.75) is 52.2 Å². The smallest absolute Gasteiger partial charge is 0.244 e. The van der Waals surface area contributed by atoms with Gasteiger partial charge in [-0.3, -0.25) is 13.9 Å². The van der Waals surface area contributed by atoms with Crippen molar-refractivity contribution in [2.24, 2.45) is 0 Å². The molecule has 0 aliphatic rings. The quantitative estimate of drug-likeness (QED) is 0.334. The van der Waals surface area contributed by atoms with Gasteiger partial charge >= 0.3 is 0 Å². The van der Waals surface area contributed by atoms with Gasteiger partial charge in [0.2, 0.25) is 21.8 Å². The number of amides is 2. The van der Waals surface area contributed by atoms with Crippen molar-refractivity contribution in [1.82, 2.24) is 10.2 Å². The van der Waals surface area contributed by atoms with Crippen LogP contribution in [0.5, 0.6) is 0 Å². The van der Waals surface area contributed by atoms with E-state index in [9.17, 15) is 18.0 Å². The minimum absolute atomic E-state index is 0.0947. The number of nitrogens with zero attached hydrogens (tertiary/aromatic N) is 2. The molecule has 0 aromatic heterocycles. The Labute approximate surface area is 236 Å². The first-order chi connectivity index (χ1) is 18.5. The first kappa shape index (κ1) is 30.2. The van der Waals surface area contributed by atoms with Crippen LogP contribution in [0.4, 0.5) is 5.69 Å². The summed E-state index contributed by atoms with van der Waals surface area (Å²) in [7, 11) is -3.81. The molecule has 3 aromatic rings. The molecular weight excluding hydrogens is 534 g/mol. The maximum Gasteiger partial charge on any atom is 0.244 e. The minimum Gasteiger partial charge on any atom is -0.352 e. The van der Waals surface area contributed by atoms with E-state index in [0.717, 1.165) is 33.7 Å². The van der Waals surface area contributed by atoms with E-state index in [1.807, 2.05) is 50.2 Å². The Balaban J connectivity index is 2.06. The number of halogens is 1. The molecule has 7 nitrogen and oxygen atoms in total. The predicted molar refractivity (Wildman–Crippen MR) is 157 cm³/mol. The summed E-state index contributed by atoms with van der Waals surface area (Å²) in [6.45, 7) is 5.33. The number of rotatable bonds is 12. The van der Waals surface area contributed by atoms with Gasteiger partial charge in [-0.1, -0.05) is 79.2 Å². The fourth-order valence-electron chi connectivity index (χ4n) is 4.22. The van der Waals surface area contributed by atoms with Gasteiger partial charge in [-0.2, -0.15) is 0 Å². The fourth-order valence-corrected chi connectivity index (χ4v) is 5.25. The summed E-state index contributed by atoms with van der Waals surface area (Å²) in [5.74, 6) is -0.781. The first-order valence-corrected chi connectivity index (χ1v) is 15.1. The number of nitrogens with one attached hydrogen (secondary N) is 1. The van der Waals surface area contributed by atoms with Gasteiger partial charge in [-0.15, -0.1) is 0 Å². The van der Waals surface area contributed by atoms with Crippen LogP contribution in [0.2, 0.25) is 5.02 Å². The SMILES string of the molecule is CC[C@H](C)NC(=O)[C@@H](Cc1ccccc1)N(Cc1ccc(Cl)cc1)C(=O)CN(c1ccccc1C)S(C)(=O)=O. The van der Waals surface area contributed by atoms with Crippen molar-refractivity contribution >= 4 is 39.1 Å². The van der Waals surface area contributed by atoms with Gasteiger partial charge in [-0.05, 0) is 55.2 Å². The molecule has 0 radical (unpaired) electrons. The van der Waals surface area contributed by atoms with Crippen molar-refractivity contribution in [3.8, 4) is 0 Å². The molecule has 3 aromatic carbocycles. The Morgan fingerprint density at radius 1 is 0.923 bits per heavy atom. The second-order valence-corrected chi connectivity index (χ2v) is 12.1. The summed E-state index contributed by atoms with van der Waals surface area (Å²) in [4.78, 5) is 29.2. The fraction of sp³-hybridized carbons (Fsp3) is 0.333. The third-order valence-electron chi connectivity index (χ3n) is 6.60. The summed E-state index contributed by atoms with van der Waals surface area (Å²) in [6, 6.07) is 22.5. The molecule has 2 amide bonds. The van der Waals surface area contributed by atoms with Crippen molar-refractivity contribution < 1.29 is 18.0 Å². The number of hydrogen-bond acceptors (Lipinski definition) is 4. The lowest BCUT2D eigenvalue weighted by atomic mass is 10.0. The van der Waals surface area contributed by atoms with Crippen molar-refractivity contribution in [2.75, 3.05) is 17.1 Å². The molecule has 0 saturated carbocycles. The Morgan fingerprint density at radius 3 is 2.13 bits per heavy atom. The van der Waals surface area contributed by atoms with Crippen molar-refractivity contribution in [3.63, 3.8) is 0 Å². The van der Waals surface area contributed by atoms with Crippen LogP contribution in [0.25, 0.3) is 0 Å². The summed E-state index contributed by atoms with van der Waals surface area (Å²) < 4.78 is 26.9. The Hall–Kier alpha value is -3.36. The minimum atomic E-state index is -3.81. The largest absolute Gasteiger partial charge is 0.352 e. The maximum absolute atomic E-state index is 14.1. The molecule has 0 bridgehead atoms. The van der Waals surface area contributed by atoms with Gasteiger partial charge in [0.25, 0.3) is 0 Å². The van der Waals surface area contributed by atoms with Gasteiger partial charge in [-0.25, -0.2) is 8.42 Å². The molecule has 0 fully saturated rings. The first-order valence-electron chi connectivity index (χ1n) is 12.9. The molecule has 0 unspecified atom stereocenters. The predicted octanol–water partition coefficient (Wildman–Crippen LogP) is 4.97. The molecule has 208 valence electrons. The Morgan fingerprint density at radius 2 is 1.54 bits per heavy atom. The zero-order chi connectivity index (χ0) is 28.6. The van der Waals surface area contributed by atoms with Gasteiger partial charge < -0.3 is 10.2 Å². The molecular formula is C30H36ClN3O4S. The number of carbonyl (C=O) groups excluding carboxylic acids is 2. The normalized spacial score (nSPS) is 12.8. The molecule has 2 atom stereocenters. The van der Waals surface area contributed by atoms with E-state index in [2.05, 4.69) is 5.32 Å². The highest BCUT2D eigenvalue weighted by Crippen LogP contribution is 2.24. The van der Waals surface area contributed by atoms with Crippen molar-refractivity contribution in [3.05, 3.63) is 101 Å². The molecule has 0 saturated heterocycles. The number of aryl methyl sites for hydroxylation is 1. The van der Waals surface area contributed by atoms with Crippen molar-refractivity contribution in [1.29, 1.82) is 0 Å². The van der Waals surface area contributed by atoms with Crippen LogP contribution in [-0.4, -0.2) is 50.0 Å². The average Bonchev–Trinajstić information content (AvgIpc) is 2.90. The Kier molecular flexibility index (Phi) is 10.5. The summed E-state index contributed by atoms with van der Waals surface area (Å²) >= 11 is 6.09. The summed E-state index contributed by atoms with van der Waals surface area (Å²) in [5.41, 5.74) is 2.79. The molecule has 3 rings (SSSR count). The van der Waals surface area contributed by atoms with Crippen LogP contribution < -0.4 is 9.62 Å². The van der Waals surface area contributed by atoms with Crippen LogP contribution >= 0.6 is 11.6 Å². The second-order valence-electron chi connectivity index (χ2n) is 9.73. The third kappa shape index (κ3) is 8.57. The van der Waals surface area contributed by atoms with Gasteiger partial charge in [0.15, 0.2) is 0 Å². The number of hydrogen-bond donors (Lipinski definition) is 1. The second kappa shape index (κ2) is 13.6. The maximum atomic E-state index is 14.1. The average molecular weight is 570 g/mol. The van der Waals surface area contributed by atoms with Crippen LogP contribution in [0.15, 0.2) is 78.9 Å². The molecule has 0 aliphatic carbocycles. The molecule has 9 heteroatoms. The molecule has 1 N–H and O–H groups in total. The van der Waals surface area contributed by atoms with Crippen LogP contribution in [0.1, 0.15) is 37.0 Å². The van der Waals surface area contributed by atoms with E-state index in [-0.39, 0.29) is 24.9 Å². The highest BCUT2D eigenvalue weighted by Gasteiger charge is 2.33. The van der Waals surface area contributed by atoms with E-state index < -0.39 is 28.5 Å². The molecule has 0 aliphatic heterocycles. The highest BCUT2D eigenvalue weighted by atomic mass is 35.5. The topological polar surface area (TPSA) is 86.8 Å². The lowest BCUT2D eigenvalue weighted by molar-refractivity contribution is -0.140. The van der Waals surface area contributed by atoms with Gasteiger partial charge in [0, 0.05) is 24.0 Å². The third-order valence-corrected chi connectivity index (χ3v) is 7.98. The Bertz CT molecular complexity index is 1360. The molecule has 0 spiro atoms. The van der Waals surface area contributed by atoms with E-state index in [1.54, 1.807) is 49.4 Å². The van der Waals surface area contributed by atoms with Crippen LogP contribution in [-0.2, 0) is 32.6 Å². The van der Waals surface area contributed by atoms with Gasteiger partial charge in [0.05, 0.1) is 11.9 Å². The number of para-hydroxylation sites is 1. The lowest BCUT2D eigenvalue weighted by Gasteiger charge is -2.34. The number of anilines is 1. The number of carbonyl (C=O) groups is 2.